The molecule has 1 N–H and O–H groups in total. The van der Waals surface area contributed by atoms with Crippen LogP contribution in [0.3, 0.4) is 0 Å². The van der Waals surface area contributed by atoms with E-state index in [9.17, 15) is 9.59 Å². The van der Waals surface area contributed by atoms with E-state index in [-0.39, 0.29) is 11.8 Å². The molecule has 8 heteroatoms. The van der Waals surface area contributed by atoms with Gasteiger partial charge in [-0.3, -0.25) is 9.59 Å². The number of amides is 2. The summed E-state index contributed by atoms with van der Waals surface area (Å²) in [5, 5.41) is 2.93. The molecule has 0 aliphatic carbocycles. The highest BCUT2D eigenvalue weighted by Crippen LogP contribution is 2.42. The summed E-state index contributed by atoms with van der Waals surface area (Å²) in [5.74, 6) is 0.689. The second-order valence-electron chi connectivity index (χ2n) is 7.29. The van der Waals surface area contributed by atoms with E-state index >= 15 is 0 Å². The third kappa shape index (κ3) is 4.81. The molecule has 0 bridgehead atoms. The summed E-state index contributed by atoms with van der Waals surface area (Å²) in [7, 11) is 4.68. The van der Waals surface area contributed by atoms with E-state index in [2.05, 4.69) is 5.32 Å². The second kappa shape index (κ2) is 9.97. The minimum Gasteiger partial charge on any atom is -0.497 e. The molecule has 0 atom stereocenters. The molecular weight excluding hydrogens is 440 g/mol. The maximum absolute atomic E-state index is 13.2. The van der Waals surface area contributed by atoms with Crippen LogP contribution in [-0.4, -0.2) is 46.3 Å². The molecule has 0 spiro atoms. The Morgan fingerprint density at radius 2 is 1.67 bits per heavy atom. The summed E-state index contributed by atoms with van der Waals surface area (Å²) in [6, 6.07) is 18.0. The lowest BCUT2D eigenvalue weighted by Gasteiger charge is -2.23. The van der Waals surface area contributed by atoms with Gasteiger partial charge in [0.15, 0.2) is 0 Å². The molecule has 4 rings (SSSR count). The topological polar surface area (TPSA) is 77.1 Å². The molecule has 2 amide bonds. The average molecular weight is 465 g/mol. The predicted molar refractivity (Wildman–Crippen MR) is 128 cm³/mol. The van der Waals surface area contributed by atoms with E-state index in [1.807, 2.05) is 36.4 Å². The Bertz CT molecular complexity index is 1170. The Balaban J connectivity index is 1.67. The second-order valence-corrected chi connectivity index (χ2v) is 8.37. The van der Waals surface area contributed by atoms with E-state index in [1.165, 1.54) is 26.0 Å². The quantitative estimate of drug-likeness (QED) is 0.546. The SMILES string of the molecule is COCCN1C(=O)c2ccccc2Sc2cc(NC(=O)c3cc(OC)cc(OC)c3)ccc21. The minimum atomic E-state index is -0.293. The van der Waals surface area contributed by atoms with Crippen molar-refractivity contribution in [3.63, 3.8) is 0 Å². The third-order valence-electron chi connectivity index (χ3n) is 5.22. The molecule has 0 saturated carbocycles. The zero-order chi connectivity index (χ0) is 23.4. The van der Waals surface area contributed by atoms with Crippen LogP contribution in [0.1, 0.15) is 20.7 Å². The first-order chi connectivity index (χ1) is 16.0. The number of hydrogen-bond acceptors (Lipinski definition) is 6. The molecule has 1 heterocycles. The first kappa shape index (κ1) is 22.7. The molecule has 0 radical (unpaired) electrons. The molecular formula is C25H24N2O5S. The zero-order valence-electron chi connectivity index (χ0n) is 18.6. The number of benzene rings is 3. The first-order valence-electron chi connectivity index (χ1n) is 10.3. The van der Waals surface area contributed by atoms with Crippen LogP contribution in [0.15, 0.2) is 70.5 Å². The Labute approximate surface area is 196 Å². The highest BCUT2D eigenvalue weighted by molar-refractivity contribution is 7.99. The highest BCUT2D eigenvalue weighted by Gasteiger charge is 2.27. The van der Waals surface area contributed by atoms with Crippen LogP contribution in [0, 0.1) is 0 Å². The Morgan fingerprint density at radius 1 is 0.939 bits per heavy atom. The molecule has 0 fully saturated rings. The molecule has 3 aromatic carbocycles. The number of carbonyl (C=O) groups is 2. The number of rotatable bonds is 7. The summed E-state index contributed by atoms with van der Waals surface area (Å²) >= 11 is 1.50. The van der Waals surface area contributed by atoms with Crippen molar-refractivity contribution in [2.45, 2.75) is 9.79 Å². The van der Waals surface area contributed by atoms with Gasteiger partial charge in [0, 0.05) is 40.8 Å². The number of carbonyl (C=O) groups excluding carboxylic acids is 2. The van der Waals surface area contributed by atoms with E-state index in [0.29, 0.717) is 41.5 Å². The first-order valence-corrected chi connectivity index (χ1v) is 11.1. The number of ether oxygens (including phenoxy) is 3. The van der Waals surface area contributed by atoms with Crippen molar-refractivity contribution < 1.29 is 23.8 Å². The van der Waals surface area contributed by atoms with Gasteiger partial charge in [-0.1, -0.05) is 23.9 Å². The van der Waals surface area contributed by atoms with Gasteiger partial charge in [-0.2, -0.15) is 0 Å². The van der Waals surface area contributed by atoms with Crippen molar-refractivity contribution in [3.05, 3.63) is 71.8 Å². The van der Waals surface area contributed by atoms with Gasteiger partial charge in [0.1, 0.15) is 11.5 Å². The van der Waals surface area contributed by atoms with Gasteiger partial charge in [0.2, 0.25) is 0 Å². The van der Waals surface area contributed by atoms with Crippen LogP contribution in [0.25, 0.3) is 0 Å². The summed E-state index contributed by atoms with van der Waals surface area (Å²) in [4.78, 5) is 29.6. The monoisotopic (exact) mass is 464 g/mol. The van der Waals surface area contributed by atoms with Crippen LogP contribution >= 0.6 is 11.8 Å². The molecule has 33 heavy (non-hydrogen) atoms. The fourth-order valence-electron chi connectivity index (χ4n) is 3.55. The van der Waals surface area contributed by atoms with Gasteiger partial charge in [0.05, 0.1) is 32.1 Å². The van der Waals surface area contributed by atoms with Crippen LogP contribution in [0.2, 0.25) is 0 Å². The Morgan fingerprint density at radius 3 is 2.36 bits per heavy atom. The largest absolute Gasteiger partial charge is 0.497 e. The van der Waals surface area contributed by atoms with Crippen LogP contribution in [0.5, 0.6) is 11.5 Å². The van der Waals surface area contributed by atoms with Crippen LogP contribution < -0.4 is 19.7 Å². The van der Waals surface area contributed by atoms with Gasteiger partial charge in [-0.05, 0) is 42.5 Å². The summed E-state index contributed by atoms with van der Waals surface area (Å²) in [5.41, 5.74) is 2.45. The lowest BCUT2D eigenvalue weighted by atomic mass is 10.1. The fourth-order valence-corrected chi connectivity index (χ4v) is 4.67. The number of anilines is 2. The van der Waals surface area contributed by atoms with Crippen molar-refractivity contribution in [3.8, 4) is 11.5 Å². The number of nitrogens with zero attached hydrogens (tertiary/aromatic N) is 1. The molecule has 7 nitrogen and oxygen atoms in total. The smallest absolute Gasteiger partial charge is 0.259 e. The highest BCUT2D eigenvalue weighted by atomic mass is 32.2. The molecule has 0 saturated heterocycles. The zero-order valence-corrected chi connectivity index (χ0v) is 19.4. The van der Waals surface area contributed by atoms with E-state index in [1.54, 1.807) is 36.3 Å². The summed E-state index contributed by atoms with van der Waals surface area (Å²) in [6.07, 6.45) is 0. The molecule has 1 aliphatic rings. The molecule has 1 aliphatic heterocycles. The Hall–Kier alpha value is -3.49. The molecule has 0 unspecified atom stereocenters. The van der Waals surface area contributed by atoms with Gasteiger partial charge >= 0.3 is 0 Å². The number of nitrogens with one attached hydrogen (secondary N) is 1. The lowest BCUT2D eigenvalue weighted by molar-refractivity contribution is 0.0972. The normalized spacial score (nSPS) is 12.5. The van der Waals surface area contributed by atoms with Gasteiger partial charge in [0.25, 0.3) is 11.8 Å². The minimum absolute atomic E-state index is 0.0749. The lowest BCUT2D eigenvalue weighted by Crippen LogP contribution is -2.33. The van der Waals surface area contributed by atoms with Crippen molar-refractivity contribution >= 4 is 35.0 Å². The number of fused-ring (bicyclic) bond motifs is 2. The van der Waals surface area contributed by atoms with E-state index in [4.69, 9.17) is 14.2 Å². The van der Waals surface area contributed by atoms with E-state index < -0.39 is 0 Å². The molecule has 3 aromatic rings. The van der Waals surface area contributed by atoms with Crippen LogP contribution in [-0.2, 0) is 4.74 Å². The number of hydrogen-bond donors (Lipinski definition) is 1. The average Bonchev–Trinajstić information content (AvgIpc) is 2.96. The fraction of sp³-hybridized carbons (Fsp3) is 0.200. The molecule has 0 aromatic heterocycles. The van der Waals surface area contributed by atoms with Crippen molar-refractivity contribution in [1.29, 1.82) is 0 Å². The van der Waals surface area contributed by atoms with Crippen molar-refractivity contribution in [1.82, 2.24) is 0 Å². The predicted octanol–water partition coefficient (Wildman–Crippen LogP) is 4.71. The van der Waals surface area contributed by atoms with Crippen molar-refractivity contribution in [2.24, 2.45) is 0 Å². The third-order valence-corrected chi connectivity index (χ3v) is 6.35. The standard InChI is InChI=1S/C25H24N2O5S/c1-30-11-10-27-21-9-8-17(14-23(21)33-22-7-5-4-6-20(22)25(27)29)26-24(28)16-12-18(31-2)15-19(13-16)32-3/h4-9,12-15H,10-11H2,1-3H3,(H,26,28). The summed E-state index contributed by atoms with van der Waals surface area (Å²) in [6.45, 7) is 0.834. The maximum Gasteiger partial charge on any atom is 0.259 e. The Kier molecular flexibility index (Phi) is 6.86. The van der Waals surface area contributed by atoms with Crippen LogP contribution in [0.4, 0.5) is 11.4 Å². The maximum atomic E-state index is 13.2. The van der Waals surface area contributed by atoms with Gasteiger partial charge in [-0.25, -0.2) is 0 Å². The number of methoxy groups -OCH3 is 3. The summed E-state index contributed by atoms with van der Waals surface area (Å²) < 4.78 is 15.7. The van der Waals surface area contributed by atoms with Crippen molar-refractivity contribution in [2.75, 3.05) is 44.7 Å². The van der Waals surface area contributed by atoms with E-state index in [0.717, 1.165) is 15.5 Å². The van der Waals surface area contributed by atoms with Gasteiger partial charge in [-0.15, -0.1) is 0 Å². The van der Waals surface area contributed by atoms with Gasteiger partial charge < -0.3 is 24.4 Å². The molecule has 170 valence electrons.